The van der Waals surface area contributed by atoms with Crippen molar-refractivity contribution < 1.29 is 9.59 Å². The van der Waals surface area contributed by atoms with Crippen LogP contribution in [0.15, 0.2) is 24.3 Å². The molecule has 1 aromatic carbocycles. The lowest BCUT2D eigenvalue weighted by Gasteiger charge is -2.37. The zero-order valence-corrected chi connectivity index (χ0v) is 16.6. The summed E-state index contributed by atoms with van der Waals surface area (Å²) < 4.78 is 0. The van der Waals surface area contributed by atoms with Gasteiger partial charge in [-0.05, 0) is 43.9 Å². The minimum absolute atomic E-state index is 0.0286. The lowest BCUT2D eigenvalue weighted by molar-refractivity contribution is -0.132. The molecule has 3 rings (SSSR count). The molecule has 1 N–H and O–H groups in total. The van der Waals surface area contributed by atoms with Crippen LogP contribution in [0.2, 0.25) is 0 Å². The van der Waals surface area contributed by atoms with Gasteiger partial charge in [-0.15, -0.1) is 0 Å². The molecule has 2 fully saturated rings. The van der Waals surface area contributed by atoms with Crippen LogP contribution in [0.4, 0.5) is 5.69 Å². The molecule has 1 atom stereocenters. The van der Waals surface area contributed by atoms with E-state index < -0.39 is 0 Å². The standard InChI is InChI=1S/C21H32N4O2/c1-3-18-6-8-19(9-7-18)22-21(27)17(2)24-14-12-23(13-15-24)16-20(26)25-10-4-5-11-25/h6-9,17H,3-5,10-16H2,1-2H3,(H,22,27)/t17-/m1/s1. The maximum atomic E-state index is 12.6. The van der Waals surface area contributed by atoms with Crippen molar-refractivity contribution in [1.29, 1.82) is 0 Å². The number of hydrogen-bond acceptors (Lipinski definition) is 4. The lowest BCUT2D eigenvalue weighted by atomic mass is 10.1. The van der Waals surface area contributed by atoms with Gasteiger partial charge in [0.15, 0.2) is 0 Å². The highest BCUT2D eigenvalue weighted by Crippen LogP contribution is 2.13. The number of nitrogens with one attached hydrogen (secondary N) is 1. The van der Waals surface area contributed by atoms with Crippen LogP contribution in [0.1, 0.15) is 32.3 Å². The molecule has 2 aliphatic heterocycles. The van der Waals surface area contributed by atoms with Crippen molar-refractivity contribution in [2.45, 2.75) is 39.2 Å². The molecule has 0 aromatic heterocycles. The fourth-order valence-electron chi connectivity index (χ4n) is 3.80. The molecular weight excluding hydrogens is 340 g/mol. The molecule has 2 amide bonds. The van der Waals surface area contributed by atoms with E-state index in [4.69, 9.17) is 0 Å². The largest absolute Gasteiger partial charge is 0.342 e. The van der Waals surface area contributed by atoms with Crippen LogP contribution in [0.3, 0.4) is 0 Å². The minimum Gasteiger partial charge on any atom is -0.342 e. The maximum Gasteiger partial charge on any atom is 0.241 e. The predicted octanol–water partition coefficient (Wildman–Crippen LogP) is 1.82. The quantitative estimate of drug-likeness (QED) is 0.828. The third-order valence-electron chi connectivity index (χ3n) is 5.78. The Labute approximate surface area is 162 Å². The average molecular weight is 373 g/mol. The second kappa shape index (κ2) is 9.33. The van der Waals surface area contributed by atoms with Crippen LogP contribution >= 0.6 is 0 Å². The van der Waals surface area contributed by atoms with E-state index in [2.05, 4.69) is 34.2 Å². The van der Waals surface area contributed by atoms with E-state index in [1.165, 1.54) is 5.56 Å². The molecule has 2 heterocycles. The summed E-state index contributed by atoms with van der Waals surface area (Å²) in [4.78, 5) is 31.3. The molecule has 1 aromatic rings. The minimum atomic E-state index is -0.174. The Balaban J connectivity index is 1.43. The first-order valence-corrected chi connectivity index (χ1v) is 10.2. The number of amides is 2. The van der Waals surface area contributed by atoms with Crippen LogP contribution in [-0.2, 0) is 16.0 Å². The monoisotopic (exact) mass is 372 g/mol. The van der Waals surface area contributed by atoms with E-state index in [-0.39, 0.29) is 17.9 Å². The molecule has 0 bridgehead atoms. The van der Waals surface area contributed by atoms with Crippen molar-refractivity contribution in [1.82, 2.24) is 14.7 Å². The fraction of sp³-hybridized carbons (Fsp3) is 0.619. The fourth-order valence-corrected chi connectivity index (χ4v) is 3.80. The summed E-state index contributed by atoms with van der Waals surface area (Å²) in [5.74, 6) is 0.281. The summed E-state index contributed by atoms with van der Waals surface area (Å²) in [5.41, 5.74) is 2.11. The van der Waals surface area contributed by atoms with Crippen LogP contribution < -0.4 is 5.32 Å². The molecule has 6 nitrogen and oxygen atoms in total. The van der Waals surface area contributed by atoms with Gasteiger partial charge >= 0.3 is 0 Å². The Bertz CT molecular complexity index is 632. The van der Waals surface area contributed by atoms with Gasteiger partial charge in [-0.25, -0.2) is 0 Å². The smallest absolute Gasteiger partial charge is 0.241 e. The summed E-state index contributed by atoms with van der Waals surface area (Å²) in [6.07, 6.45) is 3.26. The summed E-state index contributed by atoms with van der Waals surface area (Å²) in [5, 5.41) is 3.02. The average Bonchev–Trinajstić information content (AvgIpc) is 3.23. The van der Waals surface area contributed by atoms with Crippen molar-refractivity contribution >= 4 is 17.5 Å². The molecule has 0 unspecified atom stereocenters. The highest BCUT2D eigenvalue weighted by molar-refractivity contribution is 5.94. The predicted molar refractivity (Wildman–Crippen MR) is 108 cm³/mol. The SMILES string of the molecule is CCc1ccc(NC(=O)[C@@H](C)N2CCN(CC(=O)N3CCCC3)CC2)cc1. The second-order valence-corrected chi connectivity index (χ2v) is 7.62. The molecule has 6 heteroatoms. The third-order valence-corrected chi connectivity index (χ3v) is 5.78. The van der Waals surface area contributed by atoms with Crippen molar-refractivity contribution in [2.24, 2.45) is 0 Å². The highest BCUT2D eigenvalue weighted by Gasteiger charge is 2.27. The van der Waals surface area contributed by atoms with E-state index in [0.29, 0.717) is 6.54 Å². The van der Waals surface area contributed by atoms with Crippen molar-refractivity contribution in [3.05, 3.63) is 29.8 Å². The van der Waals surface area contributed by atoms with Crippen LogP contribution in [-0.4, -0.2) is 78.4 Å². The molecule has 0 spiro atoms. The Hall–Kier alpha value is -1.92. The summed E-state index contributed by atoms with van der Waals surface area (Å²) in [7, 11) is 0. The second-order valence-electron chi connectivity index (χ2n) is 7.62. The van der Waals surface area contributed by atoms with Crippen LogP contribution in [0.25, 0.3) is 0 Å². The van der Waals surface area contributed by atoms with Gasteiger partial charge in [0.05, 0.1) is 12.6 Å². The van der Waals surface area contributed by atoms with E-state index >= 15 is 0 Å². The van der Waals surface area contributed by atoms with Crippen LogP contribution in [0.5, 0.6) is 0 Å². The Morgan fingerprint density at radius 2 is 1.63 bits per heavy atom. The van der Waals surface area contributed by atoms with Crippen molar-refractivity contribution in [2.75, 3.05) is 51.1 Å². The number of nitrogens with zero attached hydrogens (tertiary/aromatic N) is 3. The topological polar surface area (TPSA) is 55.9 Å². The molecule has 2 saturated heterocycles. The number of likely N-dealkylation sites (tertiary alicyclic amines) is 1. The third kappa shape index (κ3) is 5.30. The maximum absolute atomic E-state index is 12.6. The summed E-state index contributed by atoms with van der Waals surface area (Å²) in [6, 6.07) is 7.86. The molecule has 0 saturated carbocycles. The molecular formula is C21H32N4O2. The number of carbonyl (C=O) groups is 2. The van der Waals surface area contributed by atoms with Gasteiger partial charge in [0.2, 0.25) is 11.8 Å². The van der Waals surface area contributed by atoms with Gasteiger partial charge in [0.1, 0.15) is 0 Å². The van der Waals surface area contributed by atoms with Gasteiger partial charge < -0.3 is 10.2 Å². The van der Waals surface area contributed by atoms with E-state index in [1.807, 2.05) is 24.0 Å². The number of benzene rings is 1. The van der Waals surface area contributed by atoms with Gasteiger partial charge in [-0.3, -0.25) is 19.4 Å². The number of anilines is 1. The van der Waals surface area contributed by atoms with Crippen molar-refractivity contribution in [3.8, 4) is 0 Å². The van der Waals surface area contributed by atoms with E-state index in [0.717, 1.165) is 64.2 Å². The Kier molecular flexibility index (Phi) is 6.85. The van der Waals surface area contributed by atoms with Crippen LogP contribution in [0, 0.1) is 0 Å². The normalized spacial score (nSPS) is 19.9. The van der Waals surface area contributed by atoms with Gasteiger partial charge in [-0.1, -0.05) is 19.1 Å². The number of hydrogen-bond donors (Lipinski definition) is 1. The van der Waals surface area contributed by atoms with Crippen molar-refractivity contribution in [3.63, 3.8) is 0 Å². The van der Waals surface area contributed by atoms with Gasteiger partial charge in [0.25, 0.3) is 0 Å². The Morgan fingerprint density at radius 3 is 2.22 bits per heavy atom. The van der Waals surface area contributed by atoms with E-state index in [1.54, 1.807) is 0 Å². The molecule has 0 radical (unpaired) electrons. The zero-order valence-electron chi connectivity index (χ0n) is 16.6. The number of aryl methyl sites for hydroxylation is 1. The molecule has 27 heavy (non-hydrogen) atoms. The van der Waals surface area contributed by atoms with Gasteiger partial charge in [-0.2, -0.15) is 0 Å². The highest BCUT2D eigenvalue weighted by atomic mass is 16.2. The first-order chi connectivity index (χ1) is 13.1. The molecule has 148 valence electrons. The lowest BCUT2D eigenvalue weighted by Crippen LogP contribution is -2.54. The Morgan fingerprint density at radius 1 is 1.00 bits per heavy atom. The number of rotatable bonds is 6. The number of carbonyl (C=O) groups excluding carboxylic acids is 2. The molecule has 2 aliphatic rings. The zero-order chi connectivity index (χ0) is 19.2. The van der Waals surface area contributed by atoms with E-state index in [9.17, 15) is 9.59 Å². The first-order valence-electron chi connectivity index (χ1n) is 10.2. The summed E-state index contributed by atoms with van der Waals surface area (Å²) in [6.45, 7) is 9.72. The molecule has 0 aliphatic carbocycles. The van der Waals surface area contributed by atoms with Gasteiger partial charge in [0, 0.05) is 45.0 Å². The number of piperazine rings is 1. The summed E-state index contributed by atoms with van der Waals surface area (Å²) >= 11 is 0. The first kappa shape index (κ1) is 19.8.